The van der Waals surface area contributed by atoms with Crippen molar-refractivity contribution in [3.8, 4) is 0 Å². The van der Waals surface area contributed by atoms with Crippen molar-refractivity contribution in [3.05, 3.63) is 35.2 Å². The molecule has 2 aromatic heterocycles. The molecule has 0 N–H and O–H groups in total. The summed E-state index contributed by atoms with van der Waals surface area (Å²) in [6.45, 7) is 9.40. The predicted molar refractivity (Wildman–Crippen MR) is 86.5 cm³/mol. The first-order valence-corrected chi connectivity index (χ1v) is 8.24. The number of rotatable bonds is 3. The lowest BCUT2D eigenvalue weighted by Gasteiger charge is -2.33. The van der Waals surface area contributed by atoms with Gasteiger partial charge in [-0.15, -0.1) is 0 Å². The summed E-state index contributed by atoms with van der Waals surface area (Å²) < 4.78 is 7.35. The largest absolute Gasteiger partial charge is 0.361 e. The Balaban J connectivity index is 1.81. The molecule has 124 valence electrons. The Morgan fingerprint density at radius 3 is 2.83 bits per heavy atom. The number of carbonyl (C=O) groups is 1. The topological polar surface area (TPSA) is 64.2 Å². The lowest BCUT2D eigenvalue weighted by atomic mass is 9.96. The first-order valence-electron chi connectivity index (χ1n) is 8.24. The van der Waals surface area contributed by atoms with E-state index < -0.39 is 0 Å². The zero-order chi connectivity index (χ0) is 16.6. The lowest BCUT2D eigenvalue weighted by molar-refractivity contribution is 0.0700. The van der Waals surface area contributed by atoms with Crippen LogP contribution in [-0.4, -0.2) is 38.6 Å². The summed E-state index contributed by atoms with van der Waals surface area (Å²) in [6, 6.07) is 0.376. The van der Waals surface area contributed by atoms with Crippen molar-refractivity contribution in [1.29, 1.82) is 0 Å². The van der Waals surface area contributed by atoms with E-state index in [-0.39, 0.29) is 11.8 Å². The van der Waals surface area contributed by atoms with Gasteiger partial charge >= 0.3 is 0 Å². The molecule has 23 heavy (non-hydrogen) atoms. The van der Waals surface area contributed by atoms with Gasteiger partial charge < -0.3 is 14.0 Å². The Kier molecular flexibility index (Phi) is 4.24. The van der Waals surface area contributed by atoms with Gasteiger partial charge in [0.2, 0.25) is 0 Å². The summed E-state index contributed by atoms with van der Waals surface area (Å²) >= 11 is 0. The molecule has 1 aliphatic rings. The Bertz CT molecular complexity index is 682. The van der Waals surface area contributed by atoms with Crippen molar-refractivity contribution >= 4 is 5.91 Å². The van der Waals surface area contributed by atoms with E-state index in [1.165, 1.54) is 0 Å². The molecular formula is C17H24N4O2. The molecule has 6 heteroatoms. The SMILES string of the molecule is Cc1noc(C)c1C(=O)N1CCCC(c2nccn2C(C)C)C1. The van der Waals surface area contributed by atoms with Crippen LogP contribution in [0.15, 0.2) is 16.9 Å². The number of aryl methyl sites for hydroxylation is 2. The number of carbonyl (C=O) groups excluding carboxylic acids is 1. The molecule has 6 nitrogen and oxygen atoms in total. The quantitative estimate of drug-likeness (QED) is 0.873. The summed E-state index contributed by atoms with van der Waals surface area (Å²) in [5, 5.41) is 3.90. The van der Waals surface area contributed by atoms with E-state index in [0.29, 0.717) is 29.6 Å². The minimum atomic E-state index is 0.0219. The fourth-order valence-corrected chi connectivity index (χ4v) is 3.40. The maximum atomic E-state index is 12.8. The number of imidazole rings is 1. The van der Waals surface area contributed by atoms with Crippen molar-refractivity contribution in [2.45, 2.75) is 52.5 Å². The van der Waals surface area contributed by atoms with Crippen LogP contribution in [0.5, 0.6) is 0 Å². The highest BCUT2D eigenvalue weighted by atomic mass is 16.5. The average Bonchev–Trinajstić information content (AvgIpc) is 3.14. The van der Waals surface area contributed by atoms with Gasteiger partial charge in [0.05, 0.1) is 5.69 Å². The van der Waals surface area contributed by atoms with Gasteiger partial charge in [-0.05, 0) is 40.5 Å². The van der Waals surface area contributed by atoms with E-state index in [1.807, 2.05) is 24.2 Å². The van der Waals surface area contributed by atoms with Gasteiger partial charge in [0.15, 0.2) is 0 Å². The molecule has 1 aliphatic heterocycles. The molecule has 1 unspecified atom stereocenters. The number of piperidine rings is 1. The first-order chi connectivity index (χ1) is 11.0. The Morgan fingerprint density at radius 2 is 2.17 bits per heavy atom. The molecule has 0 radical (unpaired) electrons. The second-order valence-corrected chi connectivity index (χ2v) is 6.58. The van der Waals surface area contributed by atoms with Gasteiger partial charge in [-0.3, -0.25) is 4.79 Å². The van der Waals surface area contributed by atoms with Crippen LogP contribution in [0, 0.1) is 13.8 Å². The molecule has 1 atom stereocenters. The van der Waals surface area contributed by atoms with E-state index in [9.17, 15) is 4.79 Å². The minimum Gasteiger partial charge on any atom is -0.361 e. The molecule has 0 spiro atoms. The van der Waals surface area contributed by atoms with E-state index >= 15 is 0 Å². The monoisotopic (exact) mass is 316 g/mol. The summed E-state index contributed by atoms with van der Waals surface area (Å²) in [4.78, 5) is 19.3. The summed E-state index contributed by atoms with van der Waals surface area (Å²) in [5.74, 6) is 1.98. The van der Waals surface area contributed by atoms with Crippen molar-refractivity contribution < 1.29 is 9.32 Å². The van der Waals surface area contributed by atoms with Crippen LogP contribution in [0.2, 0.25) is 0 Å². The van der Waals surface area contributed by atoms with Crippen LogP contribution < -0.4 is 0 Å². The predicted octanol–water partition coefficient (Wildman–Crippen LogP) is 3.09. The molecule has 1 saturated heterocycles. The standard InChI is InChI=1S/C17H24N4O2/c1-11(2)21-9-7-18-16(21)14-6-5-8-20(10-14)17(22)15-12(3)19-23-13(15)4/h7,9,11,14H,5-6,8,10H2,1-4H3. The smallest absolute Gasteiger partial charge is 0.259 e. The highest BCUT2D eigenvalue weighted by molar-refractivity contribution is 5.96. The summed E-state index contributed by atoms with van der Waals surface area (Å²) in [5.41, 5.74) is 1.27. The van der Waals surface area contributed by atoms with Crippen LogP contribution in [0.3, 0.4) is 0 Å². The van der Waals surface area contributed by atoms with Gasteiger partial charge in [0.25, 0.3) is 5.91 Å². The van der Waals surface area contributed by atoms with Crippen molar-refractivity contribution in [1.82, 2.24) is 19.6 Å². The molecule has 1 amide bonds. The van der Waals surface area contributed by atoms with Crippen LogP contribution in [0.25, 0.3) is 0 Å². The van der Waals surface area contributed by atoms with Gasteiger partial charge in [0, 0.05) is 37.4 Å². The number of nitrogens with zero attached hydrogens (tertiary/aromatic N) is 4. The van der Waals surface area contributed by atoms with Crippen LogP contribution in [0.1, 0.15) is 66.3 Å². The molecule has 0 bridgehead atoms. The number of amides is 1. The third-order valence-electron chi connectivity index (χ3n) is 4.58. The highest BCUT2D eigenvalue weighted by Crippen LogP contribution is 2.29. The van der Waals surface area contributed by atoms with E-state index in [1.54, 1.807) is 6.92 Å². The van der Waals surface area contributed by atoms with Gasteiger partial charge in [0.1, 0.15) is 17.1 Å². The second-order valence-electron chi connectivity index (χ2n) is 6.58. The maximum Gasteiger partial charge on any atom is 0.259 e. The molecular weight excluding hydrogens is 292 g/mol. The Morgan fingerprint density at radius 1 is 1.39 bits per heavy atom. The van der Waals surface area contributed by atoms with E-state index in [0.717, 1.165) is 25.2 Å². The normalized spacial score (nSPS) is 18.7. The number of aromatic nitrogens is 3. The molecule has 3 rings (SSSR count). The van der Waals surface area contributed by atoms with Gasteiger partial charge in [-0.2, -0.15) is 0 Å². The molecule has 0 aromatic carbocycles. The maximum absolute atomic E-state index is 12.8. The third-order valence-corrected chi connectivity index (χ3v) is 4.58. The van der Waals surface area contributed by atoms with E-state index in [2.05, 4.69) is 28.6 Å². The van der Waals surface area contributed by atoms with Crippen LogP contribution >= 0.6 is 0 Å². The minimum absolute atomic E-state index is 0.0219. The zero-order valence-electron chi connectivity index (χ0n) is 14.2. The zero-order valence-corrected chi connectivity index (χ0v) is 14.2. The van der Waals surface area contributed by atoms with Gasteiger partial charge in [-0.25, -0.2) is 4.98 Å². The summed E-state index contributed by atoms with van der Waals surface area (Å²) in [7, 11) is 0. The molecule has 3 heterocycles. The van der Waals surface area contributed by atoms with Crippen LogP contribution in [0.4, 0.5) is 0 Å². The van der Waals surface area contributed by atoms with Crippen molar-refractivity contribution in [2.75, 3.05) is 13.1 Å². The van der Waals surface area contributed by atoms with E-state index in [4.69, 9.17) is 4.52 Å². The fraction of sp³-hybridized carbons (Fsp3) is 0.588. The van der Waals surface area contributed by atoms with Gasteiger partial charge in [-0.1, -0.05) is 5.16 Å². The number of likely N-dealkylation sites (tertiary alicyclic amines) is 1. The molecule has 2 aromatic rings. The highest BCUT2D eigenvalue weighted by Gasteiger charge is 2.30. The third kappa shape index (κ3) is 2.90. The fourth-order valence-electron chi connectivity index (χ4n) is 3.40. The number of hydrogen-bond donors (Lipinski definition) is 0. The molecule has 0 aliphatic carbocycles. The van der Waals surface area contributed by atoms with Crippen molar-refractivity contribution in [3.63, 3.8) is 0 Å². The van der Waals surface area contributed by atoms with Crippen LogP contribution in [-0.2, 0) is 0 Å². The molecule has 0 saturated carbocycles. The average molecular weight is 316 g/mol. The number of hydrogen-bond acceptors (Lipinski definition) is 4. The lowest BCUT2D eigenvalue weighted by Crippen LogP contribution is -2.40. The Hall–Kier alpha value is -2.11. The summed E-state index contributed by atoms with van der Waals surface area (Å²) in [6.07, 6.45) is 5.93. The Labute approximate surface area is 136 Å². The first kappa shape index (κ1) is 15.8. The molecule has 1 fully saturated rings. The van der Waals surface area contributed by atoms with Crippen molar-refractivity contribution in [2.24, 2.45) is 0 Å². The second kappa shape index (κ2) is 6.18.